The van der Waals surface area contributed by atoms with Crippen molar-refractivity contribution in [2.45, 2.75) is 220 Å². The van der Waals surface area contributed by atoms with Crippen molar-refractivity contribution < 1.29 is 0 Å². The van der Waals surface area contributed by atoms with Crippen molar-refractivity contribution in [2.24, 2.45) is 5.92 Å². The van der Waals surface area contributed by atoms with Crippen LogP contribution in [-0.2, 0) is 0 Å². The lowest BCUT2D eigenvalue weighted by molar-refractivity contribution is 0.449. The van der Waals surface area contributed by atoms with E-state index in [0.29, 0.717) is 0 Å². The van der Waals surface area contributed by atoms with Crippen molar-refractivity contribution in [3.05, 3.63) is 0 Å². The van der Waals surface area contributed by atoms with Gasteiger partial charge in [0.15, 0.2) is 0 Å². The fraction of sp³-hybridized carbons (Fsp3) is 1.00. The van der Waals surface area contributed by atoms with Crippen LogP contribution in [0.1, 0.15) is 220 Å². The molecule has 0 amide bonds. The summed E-state index contributed by atoms with van der Waals surface area (Å²) >= 11 is 0. The Morgan fingerprint density at radius 3 is 0.714 bits per heavy atom. The molecule has 35 heavy (non-hydrogen) atoms. The summed E-state index contributed by atoms with van der Waals surface area (Å²) in [5, 5.41) is 0. The number of unbranched alkanes of at least 4 members (excludes halogenated alkanes) is 27. The maximum Gasteiger partial charge on any atom is -0.0443 e. The van der Waals surface area contributed by atoms with Gasteiger partial charge < -0.3 is 0 Å². The first-order chi connectivity index (χ1) is 17.3. The van der Waals surface area contributed by atoms with Gasteiger partial charge in [0.1, 0.15) is 0 Å². The van der Waals surface area contributed by atoms with E-state index in [1.54, 1.807) is 0 Å². The zero-order valence-electron chi connectivity index (χ0n) is 25.5. The SMILES string of the molecule is CCCCCCCCCCCCCCCCCCCCCCCCCCCCCCC(C)CCC. The summed E-state index contributed by atoms with van der Waals surface area (Å²) in [7, 11) is 0. The molecular formula is C35H72. The lowest BCUT2D eigenvalue weighted by Crippen LogP contribution is -1.93. The second-order valence-electron chi connectivity index (χ2n) is 12.2. The van der Waals surface area contributed by atoms with Crippen LogP contribution >= 0.6 is 0 Å². The fourth-order valence-electron chi connectivity index (χ4n) is 5.80. The molecule has 1 atom stereocenters. The highest BCUT2D eigenvalue weighted by atomic mass is 14.1. The molecule has 0 aromatic carbocycles. The van der Waals surface area contributed by atoms with Gasteiger partial charge in [0.05, 0.1) is 0 Å². The Labute approximate surface area is 225 Å². The Morgan fingerprint density at radius 1 is 0.257 bits per heavy atom. The normalized spacial score (nSPS) is 12.4. The molecule has 0 heteroatoms. The van der Waals surface area contributed by atoms with Crippen molar-refractivity contribution in [2.75, 3.05) is 0 Å². The van der Waals surface area contributed by atoms with Gasteiger partial charge in [-0.15, -0.1) is 0 Å². The van der Waals surface area contributed by atoms with Gasteiger partial charge in [0.25, 0.3) is 0 Å². The van der Waals surface area contributed by atoms with Gasteiger partial charge in [-0.2, -0.15) is 0 Å². The summed E-state index contributed by atoms with van der Waals surface area (Å²) in [6.07, 6.45) is 45.8. The van der Waals surface area contributed by atoms with E-state index in [9.17, 15) is 0 Å². The molecule has 0 spiro atoms. The average Bonchev–Trinajstić information content (AvgIpc) is 2.86. The second-order valence-corrected chi connectivity index (χ2v) is 12.2. The first kappa shape index (κ1) is 35.0. The fourth-order valence-corrected chi connectivity index (χ4v) is 5.80. The van der Waals surface area contributed by atoms with Gasteiger partial charge in [0, 0.05) is 0 Å². The molecule has 1 unspecified atom stereocenters. The molecule has 0 aliphatic carbocycles. The molecule has 0 radical (unpaired) electrons. The van der Waals surface area contributed by atoms with Gasteiger partial charge in [-0.3, -0.25) is 0 Å². The molecule has 0 saturated carbocycles. The second kappa shape index (κ2) is 32.0. The van der Waals surface area contributed by atoms with Gasteiger partial charge >= 0.3 is 0 Å². The van der Waals surface area contributed by atoms with Crippen molar-refractivity contribution in [1.82, 2.24) is 0 Å². The molecule has 0 nitrogen and oxygen atoms in total. The predicted molar refractivity (Wildman–Crippen MR) is 164 cm³/mol. The first-order valence-electron chi connectivity index (χ1n) is 17.3. The lowest BCUT2D eigenvalue weighted by Gasteiger charge is -2.09. The maximum atomic E-state index is 2.44. The monoisotopic (exact) mass is 493 g/mol. The number of hydrogen-bond donors (Lipinski definition) is 0. The Bertz CT molecular complexity index is 346. The summed E-state index contributed by atoms with van der Waals surface area (Å²) in [4.78, 5) is 0. The van der Waals surface area contributed by atoms with E-state index >= 15 is 0 Å². The van der Waals surface area contributed by atoms with E-state index < -0.39 is 0 Å². The summed E-state index contributed by atoms with van der Waals surface area (Å²) in [6, 6.07) is 0. The predicted octanol–water partition coefficient (Wildman–Crippen LogP) is 13.8. The quantitative estimate of drug-likeness (QED) is 0.0844. The van der Waals surface area contributed by atoms with Gasteiger partial charge in [-0.25, -0.2) is 0 Å². The van der Waals surface area contributed by atoms with E-state index in [1.807, 2.05) is 0 Å². The molecule has 212 valence electrons. The Hall–Kier alpha value is 0. The summed E-state index contributed by atoms with van der Waals surface area (Å²) in [6.45, 7) is 7.06. The largest absolute Gasteiger partial charge is 0.0654 e. The van der Waals surface area contributed by atoms with Crippen LogP contribution in [-0.4, -0.2) is 0 Å². The summed E-state index contributed by atoms with van der Waals surface area (Å²) < 4.78 is 0. The van der Waals surface area contributed by atoms with Crippen LogP contribution < -0.4 is 0 Å². The van der Waals surface area contributed by atoms with Crippen LogP contribution in [0, 0.1) is 5.92 Å². The molecule has 0 aliphatic rings. The minimum absolute atomic E-state index is 0.962. The molecule has 0 aliphatic heterocycles. The Kier molecular flexibility index (Phi) is 32.0. The summed E-state index contributed by atoms with van der Waals surface area (Å²) in [5.74, 6) is 0.962. The average molecular weight is 493 g/mol. The van der Waals surface area contributed by atoms with Crippen molar-refractivity contribution >= 4 is 0 Å². The number of rotatable bonds is 31. The van der Waals surface area contributed by atoms with Crippen LogP contribution in [0.5, 0.6) is 0 Å². The van der Waals surface area contributed by atoms with E-state index in [1.165, 1.54) is 199 Å². The Balaban J connectivity index is 3.03. The highest BCUT2D eigenvalue weighted by Crippen LogP contribution is 2.18. The van der Waals surface area contributed by atoms with E-state index in [-0.39, 0.29) is 0 Å². The van der Waals surface area contributed by atoms with Crippen molar-refractivity contribution in [1.29, 1.82) is 0 Å². The third-order valence-corrected chi connectivity index (χ3v) is 8.33. The van der Waals surface area contributed by atoms with E-state index in [4.69, 9.17) is 0 Å². The standard InChI is InChI=1S/C35H72/c1-4-6-7-8-9-10-11-12-13-14-15-16-17-18-19-20-21-22-23-24-25-26-27-28-29-30-31-32-34-35(3)33-5-2/h35H,4-34H2,1-3H3. The van der Waals surface area contributed by atoms with E-state index in [0.717, 1.165) is 5.92 Å². The van der Waals surface area contributed by atoms with Gasteiger partial charge in [-0.1, -0.05) is 220 Å². The van der Waals surface area contributed by atoms with Gasteiger partial charge in [0.2, 0.25) is 0 Å². The topological polar surface area (TPSA) is 0 Å². The molecule has 0 rings (SSSR count). The van der Waals surface area contributed by atoms with Gasteiger partial charge in [-0.05, 0) is 5.92 Å². The lowest BCUT2D eigenvalue weighted by atomic mass is 9.98. The zero-order chi connectivity index (χ0) is 25.5. The van der Waals surface area contributed by atoms with Crippen LogP contribution in [0.4, 0.5) is 0 Å². The molecular weight excluding hydrogens is 420 g/mol. The highest BCUT2D eigenvalue weighted by Gasteiger charge is 2.00. The third-order valence-electron chi connectivity index (χ3n) is 8.33. The first-order valence-corrected chi connectivity index (χ1v) is 17.3. The third kappa shape index (κ3) is 32.0. The summed E-state index contributed by atoms with van der Waals surface area (Å²) in [5.41, 5.74) is 0. The molecule has 0 bridgehead atoms. The molecule has 0 aromatic rings. The minimum atomic E-state index is 0.962. The molecule has 0 heterocycles. The van der Waals surface area contributed by atoms with Crippen LogP contribution in [0.15, 0.2) is 0 Å². The smallest absolute Gasteiger partial charge is 0.0443 e. The highest BCUT2D eigenvalue weighted by molar-refractivity contribution is 4.54. The molecule has 0 fully saturated rings. The number of hydrogen-bond acceptors (Lipinski definition) is 0. The van der Waals surface area contributed by atoms with Crippen LogP contribution in [0.2, 0.25) is 0 Å². The van der Waals surface area contributed by atoms with E-state index in [2.05, 4.69) is 20.8 Å². The Morgan fingerprint density at radius 2 is 0.486 bits per heavy atom. The van der Waals surface area contributed by atoms with Crippen molar-refractivity contribution in [3.8, 4) is 0 Å². The zero-order valence-corrected chi connectivity index (χ0v) is 25.5. The minimum Gasteiger partial charge on any atom is -0.0654 e. The maximum absolute atomic E-state index is 2.44. The molecule has 0 N–H and O–H groups in total. The van der Waals surface area contributed by atoms with Crippen LogP contribution in [0.3, 0.4) is 0 Å². The van der Waals surface area contributed by atoms with Crippen molar-refractivity contribution in [3.63, 3.8) is 0 Å². The molecule has 0 saturated heterocycles. The molecule has 0 aromatic heterocycles. The van der Waals surface area contributed by atoms with Crippen LogP contribution in [0.25, 0.3) is 0 Å².